The van der Waals surface area contributed by atoms with Gasteiger partial charge in [0.15, 0.2) is 17.5 Å². The number of benzene rings is 3. The molecule has 166 valence electrons. The van der Waals surface area contributed by atoms with E-state index in [4.69, 9.17) is 16.3 Å². The fraction of sp³-hybridized carbons (Fsp3) is 0.0400. The number of aromatic carboxylic acids is 1. The third-order valence-electron chi connectivity index (χ3n) is 4.84. The van der Waals surface area contributed by atoms with Gasteiger partial charge in [-0.05, 0) is 53.6 Å². The van der Waals surface area contributed by atoms with Crippen molar-refractivity contribution >= 4 is 17.6 Å². The summed E-state index contributed by atoms with van der Waals surface area (Å²) in [7, 11) is 0. The third-order valence-corrected chi connectivity index (χ3v) is 5.08. The number of hydrogen-bond acceptors (Lipinski definition) is 3. The summed E-state index contributed by atoms with van der Waals surface area (Å²) in [5.41, 5.74) is 2.28. The highest BCUT2D eigenvalue weighted by Gasteiger charge is 2.16. The molecule has 1 aromatic heterocycles. The lowest BCUT2D eigenvalue weighted by atomic mass is 9.96. The van der Waals surface area contributed by atoms with Crippen molar-refractivity contribution in [1.29, 1.82) is 0 Å². The molecular weight excluding hydrogens is 455 g/mol. The molecule has 0 radical (unpaired) electrons. The van der Waals surface area contributed by atoms with Gasteiger partial charge in [-0.3, -0.25) is 0 Å². The van der Waals surface area contributed by atoms with Gasteiger partial charge in [-0.25, -0.2) is 22.9 Å². The first-order valence-corrected chi connectivity index (χ1v) is 10.1. The van der Waals surface area contributed by atoms with E-state index >= 15 is 0 Å². The number of aromatic nitrogens is 1. The molecule has 1 N–H and O–H groups in total. The van der Waals surface area contributed by atoms with Gasteiger partial charge in [0, 0.05) is 16.1 Å². The molecule has 0 bridgehead atoms. The largest absolute Gasteiger partial charge is 0.488 e. The Balaban J connectivity index is 1.75. The average molecular weight is 470 g/mol. The van der Waals surface area contributed by atoms with Crippen molar-refractivity contribution in [1.82, 2.24) is 4.98 Å². The summed E-state index contributed by atoms with van der Waals surface area (Å²) in [6, 6.07) is 18.4. The smallest absolute Gasteiger partial charge is 0.354 e. The van der Waals surface area contributed by atoms with Crippen LogP contribution in [0, 0.1) is 17.5 Å². The molecule has 0 aliphatic rings. The zero-order valence-corrected chi connectivity index (χ0v) is 17.6. The minimum atomic E-state index is -1.55. The predicted octanol–water partition coefficient (Wildman–Crippen LogP) is 6.76. The fourth-order valence-electron chi connectivity index (χ4n) is 3.34. The van der Waals surface area contributed by atoms with Crippen LogP contribution in [0.4, 0.5) is 13.2 Å². The summed E-state index contributed by atoms with van der Waals surface area (Å²) < 4.78 is 46.2. The van der Waals surface area contributed by atoms with Gasteiger partial charge in [0.25, 0.3) is 0 Å². The second-order valence-electron chi connectivity index (χ2n) is 7.06. The Labute approximate surface area is 191 Å². The molecule has 33 heavy (non-hydrogen) atoms. The van der Waals surface area contributed by atoms with Gasteiger partial charge in [0.05, 0.1) is 5.69 Å². The Bertz CT molecular complexity index is 1340. The van der Waals surface area contributed by atoms with E-state index in [-0.39, 0.29) is 17.9 Å². The topological polar surface area (TPSA) is 59.4 Å². The molecule has 0 saturated carbocycles. The van der Waals surface area contributed by atoms with E-state index in [0.717, 1.165) is 12.1 Å². The molecule has 0 aliphatic carbocycles. The van der Waals surface area contributed by atoms with Crippen LogP contribution in [0.25, 0.3) is 22.4 Å². The maximum Gasteiger partial charge on any atom is 0.354 e. The highest BCUT2D eigenvalue weighted by molar-refractivity contribution is 6.31. The summed E-state index contributed by atoms with van der Waals surface area (Å²) in [5.74, 6) is -4.96. The zero-order chi connectivity index (χ0) is 23.5. The lowest BCUT2D eigenvalue weighted by Crippen LogP contribution is -2.02. The second kappa shape index (κ2) is 9.34. The highest BCUT2D eigenvalue weighted by Crippen LogP contribution is 2.38. The summed E-state index contributed by atoms with van der Waals surface area (Å²) in [4.78, 5) is 15.6. The van der Waals surface area contributed by atoms with E-state index in [0.29, 0.717) is 33.2 Å². The summed E-state index contributed by atoms with van der Waals surface area (Å²) >= 11 is 6.22. The van der Waals surface area contributed by atoms with Gasteiger partial charge in [-0.1, -0.05) is 41.9 Å². The van der Waals surface area contributed by atoms with E-state index in [9.17, 15) is 23.1 Å². The normalized spacial score (nSPS) is 10.8. The van der Waals surface area contributed by atoms with Crippen LogP contribution in [0.5, 0.6) is 5.75 Å². The number of carboxylic acids is 1. The number of rotatable bonds is 6. The lowest BCUT2D eigenvalue weighted by molar-refractivity contribution is 0.0690. The molecule has 0 fully saturated rings. The van der Waals surface area contributed by atoms with Crippen molar-refractivity contribution in [2.24, 2.45) is 0 Å². The number of pyridine rings is 1. The molecule has 4 rings (SSSR count). The standard InChI is InChI=1S/C25H15ClF3NO3/c26-15-8-9-23(33-13-14-10-19(27)24(29)20(28)11-14)18(12-15)16-4-1-2-5-17(16)21-6-3-7-22(30-21)25(31)32/h1-12H,13H2,(H,31,32). The SMILES string of the molecule is O=C(O)c1cccc(-c2ccccc2-c2cc(Cl)ccc2OCc2cc(F)c(F)c(F)c2)n1. The molecule has 8 heteroatoms. The van der Waals surface area contributed by atoms with E-state index in [1.54, 1.807) is 54.6 Å². The molecule has 0 saturated heterocycles. The molecule has 0 atom stereocenters. The number of ether oxygens (including phenoxy) is 1. The van der Waals surface area contributed by atoms with Crippen molar-refractivity contribution in [2.75, 3.05) is 0 Å². The number of hydrogen-bond donors (Lipinski definition) is 1. The first-order chi connectivity index (χ1) is 15.8. The second-order valence-corrected chi connectivity index (χ2v) is 7.50. The predicted molar refractivity (Wildman–Crippen MR) is 118 cm³/mol. The number of halogens is 4. The van der Waals surface area contributed by atoms with Crippen molar-refractivity contribution in [3.63, 3.8) is 0 Å². The Hall–Kier alpha value is -3.84. The zero-order valence-electron chi connectivity index (χ0n) is 16.9. The minimum absolute atomic E-state index is 0.106. The van der Waals surface area contributed by atoms with E-state index in [2.05, 4.69) is 4.98 Å². The summed E-state index contributed by atoms with van der Waals surface area (Å²) in [6.07, 6.45) is 0. The van der Waals surface area contributed by atoms with Crippen LogP contribution in [-0.4, -0.2) is 16.1 Å². The first kappa shape index (κ1) is 22.4. The van der Waals surface area contributed by atoms with Gasteiger partial charge in [0.2, 0.25) is 0 Å². The van der Waals surface area contributed by atoms with E-state index in [1.165, 1.54) is 6.07 Å². The van der Waals surface area contributed by atoms with Crippen LogP contribution in [-0.2, 0) is 6.61 Å². The van der Waals surface area contributed by atoms with E-state index in [1.807, 2.05) is 0 Å². The van der Waals surface area contributed by atoms with Gasteiger partial charge < -0.3 is 9.84 Å². The summed E-state index contributed by atoms with van der Waals surface area (Å²) in [6.45, 7) is -0.225. The number of carbonyl (C=O) groups is 1. The minimum Gasteiger partial charge on any atom is -0.488 e. The molecule has 0 amide bonds. The van der Waals surface area contributed by atoms with Crippen LogP contribution in [0.3, 0.4) is 0 Å². The molecule has 3 aromatic carbocycles. The van der Waals surface area contributed by atoms with Crippen molar-refractivity contribution < 1.29 is 27.8 Å². The Morgan fingerprint density at radius 1 is 0.879 bits per heavy atom. The molecule has 0 spiro atoms. The maximum atomic E-state index is 13.6. The molecular formula is C25H15ClF3NO3. The van der Waals surface area contributed by atoms with Gasteiger partial charge in [-0.2, -0.15) is 0 Å². The summed E-state index contributed by atoms with van der Waals surface area (Å²) in [5, 5.41) is 9.70. The van der Waals surface area contributed by atoms with Crippen LogP contribution >= 0.6 is 11.6 Å². The quantitative estimate of drug-likeness (QED) is 0.317. The van der Waals surface area contributed by atoms with Gasteiger partial charge >= 0.3 is 5.97 Å². The number of nitrogens with zero attached hydrogens (tertiary/aromatic N) is 1. The highest BCUT2D eigenvalue weighted by atomic mass is 35.5. The van der Waals surface area contributed by atoms with Crippen LogP contribution in [0.2, 0.25) is 5.02 Å². The first-order valence-electron chi connectivity index (χ1n) is 9.69. The third kappa shape index (κ3) is 4.83. The van der Waals surface area contributed by atoms with Crippen molar-refractivity contribution in [2.45, 2.75) is 6.61 Å². The monoisotopic (exact) mass is 469 g/mol. The van der Waals surface area contributed by atoms with E-state index < -0.39 is 23.4 Å². The molecule has 4 aromatic rings. The molecule has 4 nitrogen and oxygen atoms in total. The Morgan fingerprint density at radius 2 is 1.58 bits per heavy atom. The Kier molecular flexibility index (Phi) is 6.33. The maximum absolute atomic E-state index is 13.6. The fourth-order valence-corrected chi connectivity index (χ4v) is 3.51. The van der Waals surface area contributed by atoms with Crippen LogP contribution in [0.1, 0.15) is 16.1 Å². The van der Waals surface area contributed by atoms with Gasteiger partial charge in [-0.15, -0.1) is 0 Å². The number of carboxylic acid groups (broad SMARTS) is 1. The van der Waals surface area contributed by atoms with Crippen molar-refractivity contribution in [3.8, 4) is 28.1 Å². The van der Waals surface area contributed by atoms with Crippen LogP contribution in [0.15, 0.2) is 72.8 Å². The molecule has 0 unspecified atom stereocenters. The Morgan fingerprint density at radius 3 is 2.27 bits per heavy atom. The lowest BCUT2D eigenvalue weighted by Gasteiger charge is -2.16. The van der Waals surface area contributed by atoms with Gasteiger partial charge in [0.1, 0.15) is 18.1 Å². The molecule has 1 heterocycles. The van der Waals surface area contributed by atoms with Crippen molar-refractivity contribution in [3.05, 3.63) is 107 Å². The van der Waals surface area contributed by atoms with Crippen LogP contribution < -0.4 is 4.74 Å². The molecule has 0 aliphatic heterocycles. The average Bonchev–Trinajstić information content (AvgIpc) is 2.81.